The molecule has 112 valence electrons. The second kappa shape index (κ2) is 7.50. The summed E-state index contributed by atoms with van der Waals surface area (Å²) in [6.07, 6.45) is 3.77. The molecule has 0 saturated carbocycles. The van der Waals surface area contributed by atoms with Crippen molar-refractivity contribution >= 4 is 21.7 Å². The maximum atomic E-state index is 4.65. The van der Waals surface area contributed by atoms with E-state index >= 15 is 0 Å². The van der Waals surface area contributed by atoms with Crippen molar-refractivity contribution in [3.8, 4) is 11.5 Å². The van der Waals surface area contributed by atoms with E-state index in [1.165, 1.54) is 0 Å². The third-order valence-electron chi connectivity index (χ3n) is 2.91. The van der Waals surface area contributed by atoms with Gasteiger partial charge in [-0.15, -0.1) is 0 Å². The Kier molecular flexibility index (Phi) is 5.67. The third-order valence-corrected chi connectivity index (χ3v) is 3.38. The Morgan fingerprint density at radius 3 is 2.67 bits per heavy atom. The minimum absolute atomic E-state index is 0.560. The molecule has 0 aliphatic rings. The molecular formula is C16H21BrN4. The number of pyridine rings is 1. The number of nitrogens with one attached hydrogen (secondary N) is 1. The molecule has 5 heteroatoms. The normalized spacial score (nSPS) is 10.9. The summed E-state index contributed by atoms with van der Waals surface area (Å²) in [7, 11) is 0. The van der Waals surface area contributed by atoms with Crippen LogP contribution in [0.2, 0.25) is 0 Å². The molecule has 2 rings (SSSR count). The van der Waals surface area contributed by atoms with Gasteiger partial charge in [-0.25, -0.2) is 9.97 Å². The summed E-state index contributed by atoms with van der Waals surface area (Å²) in [5, 5.41) is 3.34. The van der Waals surface area contributed by atoms with Crippen LogP contribution in [0, 0.1) is 5.92 Å². The van der Waals surface area contributed by atoms with E-state index in [1.807, 2.05) is 18.2 Å². The number of halogens is 1. The zero-order chi connectivity index (χ0) is 15.2. The first kappa shape index (κ1) is 15.9. The van der Waals surface area contributed by atoms with Gasteiger partial charge >= 0.3 is 0 Å². The molecule has 0 atom stereocenters. The Morgan fingerprint density at radius 2 is 2.05 bits per heavy atom. The highest BCUT2D eigenvalue weighted by atomic mass is 79.9. The molecule has 0 saturated heterocycles. The highest BCUT2D eigenvalue weighted by Gasteiger charge is 2.09. The van der Waals surface area contributed by atoms with E-state index in [9.17, 15) is 0 Å². The van der Waals surface area contributed by atoms with Crippen molar-refractivity contribution in [2.24, 2.45) is 5.92 Å². The first-order valence-electron chi connectivity index (χ1n) is 7.32. The van der Waals surface area contributed by atoms with Gasteiger partial charge in [-0.3, -0.25) is 4.98 Å². The Morgan fingerprint density at radius 1 is 1.24 bits per heavy atom. The van der Waals surface area contributed by atoms with Gasteiger partial charge in [-0.2, -0.15) is 0 Å². The van der Waals surface area contributed by atoms with Crippen molar-refractivity contribution in [2.75, 3.05) is 11.9 Å². The smallest absolute Gasteiger partial charge is 0.180 e. The average Bonchev–Trinajstić information content (AvgIpc) is 2.45. The lowest BCUT2D eigenvalue weighted by Gasteiger charge is -2.10. The summed E-state index contributed by atoms with van der Waals surface area (Å²) in [6.45, 7) is 7.43. The van der Waals surface area contributed by atoms with Crippen molar-refractivity contribution < 1.29 is 0 Å². The molecule has 2 heterocycles. The van der Waals surface area contributed by atoms with Crippen LogP contribution >= 0.6 is 15.9 Å². The summed E-state index contributed by atoms with van der Waals surface area (Å²) >= 11 is 3.40. The standard InChI is InChI=1S/C16H21BrN4/c1-4-7-18-15-9-13(8-11(2)3)20-16(21-15)14-6-5-12(17)10-19-14/h5-6,9-11H,4,7-8H2,1-3H3,(H,18,20,21). The second-order valence-corrected chi connectivity index (χ2v) is 6.37. The van der Waals surface area contributed by atoms with E-state index in [-0.39, 0.29) is 0 Å². The van der Waals surface area contributed by atoms with Crippen molar-refractivity contribution in [1.82, 2.24) is 15.0 Å². The molecule has 1 N–H and O–H groups in total. The maximum Gasteiger partial charge on any atom is 0.180 e. The number of nitrogens with zero attached hydrogens (tertiary/aromatic N) is 3. The lowest BCUT2D eigenvalue weighted by molar-refractivity contribution is 0.634. The van der Waals surface area contributed by atoms with Crippen molar-refractivity contribution in [3.63, 3.8) is 0 Å². The van der Waals surface area contributed by atoms with Gasteiger partial charge in [-0.1, -0.05) is 20.8 Å². The van der Waals surface area contributed by atoms with Gasteiger partial charge in [-0.05, 0) is 46.8 Å². The number of aromatic nitrogens is 3. The molecule has 0 bridgehead atoms. The Balaban J connectivity index is 2.36. The first-order chi connectivity index (χ1) is 10.1. The molecular weight excluding hydrogens is 328 g/mol. The van der Waals surface area contributed by atoms with Crippen molar-refractivity contribution in [2.45, 2.75) is 33.6 Å². The molecule has 0 radical (unpaired) electrons. The summed E-state index contributed by atoms with van der Waals surface area (Å²) in [6, 6.07) is 5.93. The van der Waals surface area contributed by atoms with Crippen LogP contribution in [0.15, 0.2) is 28.9 Å². The molecule has 0 aromatic carbocycles. The highest BCUT2D eigenvalue weighted by molar-refractivity contribution is 9.10. The molecule has 2 aromatic heterocycles. The molecule has 0 fully saturated rings. The zero-order valence-corrected chi connectivity index (χ0v) is 14.3. The van der Waals surface area contributed by atoms with E-state index in [2.05, 4.69) is 57.0 Å². The van der Waals surface area contributed by atoms with Gasteiger partial charge in [0.25, 0.3) is 0 Å². The zero-order valence-electron chi connectivity index (χ0n) is 12.7. The number of hydrogen-bond donors (Lipinski definition) is 1. The van der Waals surface area contributed by atoms with E-state index in [4.69, 9.17) is 0 Å². The molecule has 21 heavy (non-hydrogen) atoms. The van der Waals surface area contributed by atoms with E-state index in [1.54, 1.807) is 6.20 Å². The van der Waals surface area contributed by atoms with Crippen molar-refractivity contribution in [3.05, 3.63) is 34.6 Å². The predicted octanol–water partition coefficient (Wildman–Crippen LogP) is 4.32. The van der Waals surface area contributed by atoms with Crippen molar-refractivity contribution in [1.29, 1.82) is 0 Å². The van der Waals surface area contributed by atoms with Crippen LogP contribution in [0.3, 0.4) is 0 Å². The summed E-state index contributed by atoms with van der Waals surface area (Å²) < 4.78 is 0.953. The Bertz CT molecular complexity index is 581. The van der Waals surface area contributed by atoms with Crippen LogP contribution < -0.4 is 5.32 Å². The fourth-order valence-corrected chi connectivity index (χ4v) is 2.22. The number of hydrogen-bond acceptors (Lipinski definition) is 4. The summed E-state index contributed by atoms with van der Waals surface area (Å²) in [4.78, 5) is 13.6. The fourth-order valence-electron chi connectivity index (χ4n) is 1.99. The summed E-state index contributed by atoms with van der Waals surface area (Å²) in [5.74, 6) is 2.12. The first-order valence-corrected chi connectivity index (χ1v) is 8.11. The van der Waals surface area contributed by atoms with Gasteiger partial charge in [0.1, 0.15) is 11.5 Å². The predicted molar refractivity (Wildman–Crippen MR) is 90.3 cm³/mol. The molecule has 4 nitrogen and oxygen atoms in total. The van der Waals surface area contributed by atoms with Crippen LogP contribution in [0.1, 0.15) is 32.9 Å². The average molecular weight is 349 g/mol. The Hall–Kier alpha value is -1.49. The lowest BCUT2D eigenvalue weighted by atomic mass is 10.1. The quantitative estimate of drug-likeness (QED) is 0.844. The largest absolute Gasteiger partial charge is 0.370 e. The van der Waals surface area contributed by atoms with Gasteiger partial charge in [0.15, 0.2) is 5.82 Å². The fraction of sp³-hybridized carbons (Fsp3) is 0.438. The SMILES string of the molecule is CCCNc1cc(CC(C)C)nc(-c2ccc(Br)cn2)n1. The monoisotopic (exact) mass is 348 g/mol. The van der Waals surface area contributed by atoms with Gasteiger partial charge in [0.2, 0.25) is 0 Å². The molecule has 0 spiro atoms. The Labute approximate surface area is 134 Å². The summed E-state index contributed by atoms with van der Waals surface area (Å²) in [5.41, 5.74) is 1.85. The van der Waals surface area contributed by atoms with E-state index in [0.717, 1.165) is 41.1 Å². The van der Waals surface area contributed by atoms with Crippen LogP contribution in [-0.4, -0.2) is 21.5 Å². The van der Waals surface area contributed by atoms with Gasteiger partial charge < -0.3 is 5.32 Å². The minimum Gasteiger partial charge on any atom is -0.370 e. The maximum absolute atomic E-state index is 4.65. The lowest BCUT2D eigenvalue weighted by Crippen LogP contribution is -2.07. The van der Waals surface area contributed by atoms with Gasteiger partial charge in [0, 0.05) is 29.0 Å². The van der Waals surface area contributed by atoms with Gasteiger partial charge in [0.05, 0.1) is 0 Å². The second-order valence-electron chi connectivity index (χ2n) is 5.45. The molecule has 2 aromatic rings. The van der Waals surface area contributed by atoms with Crippen LogP contribution in [0.25, 0.3) is 11.5 Å². The van der Waals surface area contributed by atoms with E-state index in [0.29, 0.717) is 11.7 Å². The third kappa shape index (κ3) is 4.77. The number of anilines is 1. The van der Waals surface area contributed by atoms with Crippen LogP contribution in [0.4, 0.5) is 5.82 Å². The highest BCUT2D eigenvalue weighted by Crippen LogP contribution is 2.19. The van der Waals surface area contributed by atoms with E-state index < -0.39 is 0 Å². The van der Waals surface area contributed by atoms with Crippen LogP contribution in [0.5, 0.6) is 0 Å². The van der Waals surface area contributed by atoms with Crippen LogP contribution in [-0.2, 0) is 6.42 Å². The molecule has 0 amide bonds. The molecule has 0 aliphatic carbocycles. The minimum atomic E-state index is 0.560. The topological polar surface area (TPSA) is 50.7 Å². The molecule has 0 unspecified atom stereocenters. The number of rotatable bonds is 6. The molecule has 0 aliphatic heterocycles.